The Hall–Kier alpha value is -2.86. The lowest BCUT2D eigenvalue weighted by atomic mass is 9.71. The molecular weight excluding hydrogens is 416 g/mol. The van der Waals surface area contributed by atoms with Gasteiger partial charge >= 0.3 is 6.09 Å². The number of benzene rings is 2. The number of nitrogens with zero attached hydrogens (tertiary/aromatic N) is 1. The first-order valence-electron chi connectivity index (χ1n) is 11.6. The minimum atomic E-state index is -0.652. The van der Waals surface area contributed by atoms with Crippen molar-refractivity contribution in [1.29, 1.82) is 0 Å². The van der Waals surface area contributed by atoms with E-state index in [4.69, 9.17) is 9.47 Å². The molecule has 0 atom stereocenters. The Bertz CT molecular complexity index is 940. The van der Waals surface area contributed by atoms with Crippen LogP contribution >= 0.6 is 0 Å². The third-order valence-corrected chi connectivity index (χ3v) is 6.52. The van der Waals surface area contributed by atoms with Crippen molar-refractivity contribution in [2.75, 3.05) is 33.8 Å². The summed E-state index contributed by atoms with van der Waals surface area (Å²) in [5.41, 5.74) is 0.955. The van der Waals surface area contributed by atoms with Gasteiger partial charge in [-0.1, -0.05) is 42.5 Å². The molecule has 3 rings (SSSR count). The Morgan fingerprint density at radius 2 is 1.61 bits per heavy atom. The number of quaternary nitrogens is 1. The summed E-state index contributed by atoms with van der Waals surface area (Å²) in [5, 5.41) is 3.17. The molecule has 1 fully saturated rings. The second-order valence-corrected chi connectivity index (χ2v) is 10.1. The molecule has 0 aliphatic carbocycles. The molecule has 6 heteroatoms. The lowest BCUT2D eigenvalue weighted by Crippen LogP contribution is -2.61. The topological polar surface area (TPSA) is 64.6 Å². The maximum atomic E-state index is 13.6. The summed E-state index contributed by atoms with van der Waals surface area (Å²) in [5.74, 6) is 0.844. The number of rotatable bonds is 6. The van der Waals surface area contributed by atoms with Gasteiger partial charge in [-0.05, 0) is 50.5 Å². The zero-order valence-corrected chi connectivity index (χ0v) is 20.5. The zero-order valence-electron chi connectivity index (χ0n) is 20.5. The van der Waals surface area contributed by atoms with Crippen LogP contribution in [0, 0.1) is 0 Å². The minimum Gasteiger partial charge on any atom is -0.497 e. The second-order valence-electron chi connectivity index (χ2n) is 10.1. The SMILES string of the molecule is COc1ccc(CCNC(=O)C2(c3ccccc3)CC[N+](C)(C(=O)OC(C)(C)C)CC2)cc1. The quantitative estimate of drug-likeness (QED) is 0.656. The first kappa shape index (κ1) is 24.8. The number of piperidine rings is 1. The smallest absolute Gasteiger partial charge is 0.497 e. The Morgan fingerprint density at radius 3 is 2.15 bits per heavy atom. The maximum absolute atomic E-state index is 13.6. The highest BCUT2D eigenvalue weighted by Crippen LogP contribution is 2.38. The van der Waals surface area contributed by atoms with Crippen molar-refractivity contribution in [1.82, 2.24) is 5.32 Å². The fourth-order valence-corrected chi connectivity index (χ4v) is 4.35. The number of carbonyl (C=O) groups excluding carboxylic acids is 2. The van der Waals surface area contributed by atoms with E-state index in [0.717, 1.165) is 23.3 Å². The summed E-state index contributed by atoms with van der Waals surface area (Å²) >= 11 is 0. The van der Waals surface area contributed by atoms with Crippen molar-refractivity contribution in [2.45, 2.75) is 51.0 Å². The van der Waals surface area contributed by atoms with Gasteiger partial charge < -0.3 is 14.8 Å². The highest BCUT2D eigenvalue weighted by molar-refractivity contribution is 5.88. The second kappa shape index (κ2) is 9.96. The summed E-state index contributed by atoms with van der Waals surface area (Å²) in [6.07, 6.45) is 1.68. The van der Waals surface area contributed by atoms with Gasteiger partial charge in [-0.2, -0.15) is 4.79 Å². The van der Waals surface area contributed by atoms with E-state index in [1.54, 1.807) is 7.11 Å². The van der Waals surface area contributed by atoms with Gasteiger partial charge in [0, 0.05) is 19.4 Å². The predicted molar refractivity (Wildman–Crippen MR) is 129 cm³/mol. The molecule has 1 aliphatic heterocycles. The molecule has 1 saturated heterocycles. The maximum Gasteiger partial charge on any atom is 0.516 e. The number of ether oxygens (including phenoxy) is 2. The zero-order chi connectivity index (χ0) is 24.1. The molecule has 6 nitrogen and oxygen atoms in total. The van der Waals surface area contributed by atoms with Crippen LogP contribution in [0.2, 0.25) is 0 Å². The summed E-state index contributed by atoms with van der Waals surface area (Å²) in [6, 6.07) is 17.8. The van der Waals surface area contributed by atoms with Crippen LogP contribution in [0.3, 0.4) is 0 Å². The van der Waals surface area contributed by atoms with Crippen LogP contribution in [0.1, 0.15) is 44.7 Å². The average molecular weight is 454 g/mol. The molecule has 1 heterocycles. The van der Waals surface area contributed by atoms with Crippen molar-refractivity contribution in [3.8, 4) is 5.75 Å². The van der Waals surface area contributed by atoms with Crippen LogP contribution in [-0.4, -0.2) is 55.9 Å². The third-order valence-electron chi connectivity index (χ3n) is 6.52. The van der Waals surface area contributed by atoms with Gasteiger partial charge in [-0.15, -0.1) is 0 Å². The summed E-state index contributed by atoms with van der Waals surface area (Å²) in [4.78, 5) is 26.4. The first-order chi connectivity index (χ1) is 15.6. The Morgan fingerprint density at radius 1 is 1.00 bits per heavy atom. The van der Waals surface area contributed by atoms with Crippen molar-refractivity contribution < 1.29 is 23.5 Å². The number of amides is 2. The Labute approximate surface area is 197 Å². The van der Waals surface area contributed by atoms with Crippen molar-refractivity contribution >= 4 is 12.0 Å². The van der Waals surface area contributed by atoms with Crippen LogP contribution in [0.25, 0.3) is 0 Å². The minimum absolute atomic E-state index is 0.0256. The van der Waals surface area contributed by atoms with E-state index in [-0.39, 0.29) is 16.5 Å². The fraction of sp³-hybridized carbons (Fsp3) is 0.481. The standard InChI is InChI=1S/C27H36N2O4/c1-26(2,3)33-25(31)29(4)19-16-27(17-20-29,22-9-7-6-8-10-22)24(30)28-18-15-21-11-13-23(32-5)14-12-21/h6-14H,15-20H2,1-5H3/p+1. The molecule has 0 unspecified atom stereocenters. The highest BCUT2D eigenvalue weighted by Gasteiger charge is 2.50. The molecule has 0 radical (unpaired) electrons. The van der Waals surface area contributed by atoms with E-state index in [1.807, 2.05) is 82.4 Å². The largest absolute Gasteiger partial charge is 0.516 e. The fourth-order valence-electron chi connectivity index (χ4n) is 4.35. The lowest BCUT2D eigenvalue weighted by molar-refractivity contribution is -0.845. The molecule has 178 valence electrons. The van der Waals surface area contributed by atoms with Crippen LogP contribution in [0.4, 0.5) is 4.79 Å². The van der Waals surface area contributed by atoms with Gasteiger partial charge in [0.2, 0.25) is 5.91 Å². The molecule has 2 aromatic carbocycles. The molecule has 2 amide bonds. The van der Waals surface area contributed by atoms with E-state index in [9.17, 15) is 9.59 Å². The summed E-state index contributed by atoms with van der Waals surface area (Å²) < 4.78 is 11.1. The molecule has 33 heavy (non-hydrogen) atoms. The van der Waals surface area contributed by atoms with Gasteiger partial charge in [0.1, 0.15) is 11.4 Å². The van der Waals surface area contributed by atoms with Gasteiger partial charge in [0.15, 0.2) is 0 Å². The molecule has 1 N–H and O–H groups in total. The number of hydrogen-bond acceptors (Lipinski definition) is 4. The van der Waals surface area contributed by atoms with E-state index in [2.05, 4.69) is 5.32 Å². The molecule has 0 saturated carbocycles. The van der Waals surface area contributed by atoms with Crippen molar-refractivity contribution in [2.24, 2.45) is 0 Å². The average Bonchev–Trinajstić information content (AvgIpc) is 2.79. The molecule has 2 aromatic rings. The van der Waals surface area contributed by atoms with Crippen LogP contribution in [0.15, 0.2) is 54.6 Å². The number of nitrogens with one attached hydrogen (secondary N) is 1. The summed E-state index contributed by atoms with van der Waals surface area (Å²) in [7, 11) is 3.56. The Kier molecular flexibility index (Phi) is 7.48. The molecule has 0 aromatic heterocycles. The monoisotopic (exact) mass is 453 g/mol. The third kappa shape index (κ3) is 5.93. The summed E-state index contributed by atoms with van der Waals surface area (Å²) in [6.45, 7) is 7.30. The van der Waals surface area contributed by atoms with E-state index < -0.39 is 11.0 Å². The predicted octanol–water partition coefficient (Wildman–Crippen LogP) is 4.47. The molecular formula is C27H37N2O4+. The number of likely N-dealkylation sites (tertiary alicyclic amines) is 1. The number of hydrogen-bond donors (Lipinski definition) is 1. The lowest BCUT2D eigenvalue weighted by Gasteiger charge is -2.44. The molecule has 0 spiro atoms. The van der Waals surface area contributed by atoms with Crippen LogP contribution in [-0.2, 0) is 21.4 Å². The van der Waals surface area contributed by atoms with Crippen LogP contribution < -0.4 is 10.1 Å². The first-order valence-corrected chi connectivity index (χ1v) is 11.6. The highest BCUT2D eigenvalue weighted by atomic mass is 16.6. The van der Waals surface area contributed by atoms with Gasteiger partial charge in [0.05, 0.1) is 32.7 Å². The van der Waals surface area contributed by atoms with Gasteiger partial charge in [-0.25, -0.2) is 4.48 Å². The van der Waals surface area contributed by atoms with E-state index >= 15 is 0 Å². The molecule has 0 bridgehead atoms. The van der Waals surface area contributed by atoms with Gasteiger partial charge in [-0.3, -0.25) is 4.79 Å². The van der Waals surface area contributed by atoms with Crippen LogP contribution in [0.5, 0.6) is 5.75 Å². The van der Waals surface area contributed by atoms with Gasteiger partial charge in [0.25, 0.3) is 0 Å². The van der Waals surface area contributed by atoms with Crippen molar-refractivity contribution in [3.63, 3.8) is 0 Å². The number of methoxy groups -OCH3 is 1. The Balaban J connectivity index is 1.71. The molecule has 1 aliphatic rings. The van der Waals surface area contributed by atoms with Crippen molar-refractivity contribution in [3.05, 3.63) is 65.7 Å². The van der Waals surface area contributed by atoms with E-state index in [0.29, 0.717) is 32.5 Å². The van der Waals surface area contributed by atoms with E-state index in [1.165, 1.54) is 0 Å². The number of carbonyl (C=O) groups is 2. The normalized spacial score (nSPS) is 22.9.